The molecule has 0 spiro atoms. The SMILES string of the molecule is O=C(Nc1cncc(-c2ccc3n[nH]c(C4Nc5cncc(-c6cccc(F)c6)c5N4)c3c2)c1)C1CCCCC1. The molecule has 1 fully saturated rings. The lowest BCUT2D eigenvalue weighted by molar-refractivity contribution is -0.120. The summed E-state index contributed by atoms with van der Waals surface area (Å²) < 4.78 is 13.9. The first-order valence-electron chi connectivity index (χ1n) is 13.6. The number of halogens is 1. The number of amides is 1. The van der Waals surface area contributed by atoms with Crippen molar-refractivity contribution in [1.29, 1.82) is 0 Å². The zero-order chi connectivity index (χ0) is 27.1. The van der Waals surface area contributed by atoms with Gasteiger partial charge < -0.3 is 16.0 Å². The molecule has 1 atom stereocenters. The number of aromatic amines is 1. The van der Waals surface area contributed by atoms with Gasteiger partial charge in [0.15, 0.2) is 0 Å². The Balaban J connectivity index is 1.16. The van der Waals surface area contributed by atoms with Crippen LogP contribution in [0, 0.1) is 11.7 Å². The maximum Gasteiger partial charge on any atom is 0.227 e. The topological polar surface area (TPSA) is 108 Å². The molecular formula is C31H28FN7O. The van der Waals surface area contributed by atoms with Crippen LogP contribution in [0.25, 0.3) is 33.2 Å². The van der Waals surface area contributed by atoms with E-state index in [1.807, 2.05) is 24.3 Å². The number of anilines is 3. The summed E-state index contributed by atoms with van der Waals surface area (Å²) in [6.45, 7) is 0. The van der Waals surface area contributed by atoms with Gasteiger partial charge >= 0.3 is 0 Å². The quantitative estimate of drug-likeness (QED) is 0.196. The van der Waals surface area contributed by atoms with Crippen molar-refractivity contribution < 1.29 is 9.18 Å². The Labute approximate surface area is 230 Å². The molecule has 4 heterocycles. The molecule has 7 rings (SSSR count). The van der Waals surface area contributed by atoms with Crippen molar-refractivity contribution in [2.45, 2.75) is 38.3 Å². The van der Waals surface area contributed by atoms with Crippen LogP contribution in [0.15, 0.2) is 73.3 Å². The van der Waals surface area contributed by atoms with Gasteiger partial charge in [-0.05, 0) is 54.3 Å². The van der Waals surface area contributed by atoms with E-state index in [9.17, 15) is 9.18 Å². The van der Waals surface area contributed by atoms with E-state index in [1.54, 1.807) is 30.9 Å². The average molecular weight is 534 g/mol. The third-order valence-corrected chi connectivity index (χ3v) is 7.86. The van der Waals surface area contributed by atoms with Crippen LogP contribution in [0.3, 0.4) is 0 Å². The zero-order valence-corrected chi connectivity index (χ0v) is 21.7. The Morgan fingerprint density at radius 2 is 1.75 bits per heavy atom. The van der Waals surface area contributed by atoms with Crippen molar-refractivity contribution in [2.75, 3.05) is 16.0 Å². The van der Waals surface area contributed by atoms with Gasteiger partial charge in [-0.2, -0.15) is 5.10 Å². The summed E-state index contributed by atoms with van der Waals surface area (Å²) in [5, 5.41) is 18.7. The number of H-pyrrole nitrogens is 1. The van der Waals surface area contributed by atoms with E-state index in [4.69, 9.17) is 0 Å². The van der Waals surface area contributed by atoms with E-state index in [-0.39, 0.29) is 23.8 Å². The van der Waals surface area contributed by atoms with Crippen LogP contribution in [-0.2, 0) is 4.79 Å². The predicted molar refractivity (Wildman–Crippen MR) is 154 cm³/mol. The normalized spacial score (nSPS) is 16.8. The fourth-order valence-electron chi connectivity index (χ4n) is 5.79. The Kier molecular flexibility index (Phi) is 6.11. The molecule has 40 heavy (non-hydrogen) atoms. The van der Waals surface area contributed by atoms with Crippen LogP contribution >= 0.6 is 0 Å². The van der Waals surface area contributed by atoms with E-state index < -0.39 is 0 Å². The van der Waals surface area contributed by atoms with Gasteiger partial charge in [0.1, 0.15) is 12.0 Å². The first kappa shape index (κ1) is 24.3. The van der Waals surface area contributed by atoms with Gasteiger partial charge in [-0.25, -0.2) is 4.39 Å². The number of hydrogen-bond donors (Lipinski definition) is 4. The second-order valence-electron chi connectivity index (χ2n) is 10.5. The maximum atomic E-state index is 13.9. The van der Waals surface area contributed by atoms with E-state index in [1.165, 1.54) is 18.6 Å². The number of benzene rings is 2. The summed E-state index contributed by atoms with van der Waals surface area (Å²) in [5.41, 5.74) is 7.52. The second-order valence-corrected chi connectivity index (χ2v) is 10.5. The molecule has 0 saturated heterocycles. The number of fused-ring (bicyclic) bond motifs is 2. The molecule has 1 unspecified atom stereocenters. The van der Waals surface area contributed by atoms with Crippen molar-refractivity contribution in [1.82, 2.24) is 20.2 Å². The zero-order valence-electron chi connectivity index (χ0n) is 21.7. The number of aromatic nitrogens is 4. The van der Waals surface area contributed by atoms with Gasteiger partial charge in [-0.3, -0.25) is 19.9 Å². The van der Waals surface area contributed by atoms with Gasteiger partial charge in [-0.15, -0.1) is 0 Å². The lowest BCUT2D eigenvalue weighted by Crippen LogP contribution is -2.24. The molecule has 3 aromatic heterocycles. The largest absolute Gasteiger partial charge is 0.358 e. The highest BCUT2D eigenvalue weighted by molar-refractivity contribution is 5.94. The van der Waals surface area contributed by atoms with E-state index in [0.717, 1.165) is 75.9 Å². The van der Waals surface area contributed by atoms with E-state index >= 15 is 0 Å². The fourth-order valence-corrected chi connectivity index (χ4v) is 5.79. The van der Waals surface area contributed by atoms with Gasteiger partial charge in [-0.1, -0.05) is 37.5 Å². The minimum absolute atomic E-state index is 0.0782. The minimum atomic E-state index is -0.295. The summed E-state index contributed by atoms with van der Waals surface area (Å²) >= 11 is 0. The number of hydrogen-bond acceptors (Lipinski definition) is 6. The molecule has 2 aromatic carbocycles. The third kappa shape index (κ3) is 4.53. The smallest absolute Gasteiger partial charge is 0.227 e. The second kappa shape index (κ2) is 10.1. The summed E-state index contributed by atoms with van der Waals surface area (Å²) in [5.74, 6) is -0.137. The molecule has 0 bridgehead atoms. The molecule has 1 amide bonds. The highest BCUT2D eigenvalue weighted by atomic mass is 19.1. The predicted octanol–water partition coefficient (Wildman–Crippen LogP) is 6.88. The molecule has 9 heteroatoms. The Hall–Kier alpha value is -4.79. The van der Waals surface area contributed by atoms with Crippen LogP contribution in [0.2, 0.25) is 0 Å². The number of carbonyl (C=O) groups is 1. The molecule has 5 aromatic rings. The van der Waals surface area contributed by atoms with Crippen LogP contribution in [0.4, 0.5) is 21.5 Å². The summed E-state index contributed by atoms with van der Waals surface area (Å²) in [6.07, 6.45) is 12.0. The molecule has 1 aliphatic carbocycles. The molecule has 1 aliphatic heterocycles. The molecule has 1 saturated carbocycles. The van der Waals surface area contributed by atoms with Gasteiger partial charge in [0.25, 0.3) is 0 Å². The monoisotopic (exact) mass is 533 g/mol. The van der Waals surface area contributed by atoms with Crippen LogP contribution < -0.4 is 16.0 Å². The van der Waals surface area contributed by atoms with Crippen molar-refractivity contribution in [3.8, 4) is 22.3 Å². The fraction of sp³-hybridized carbons (Fsp3) is 0.226. The number of rotatable bonds is 5. The first-order chi connectivity index (χ1) is 19.6. The van der Waals surface area contributed by atoms with Crippen molar-refractivity contribution in [3.63, 3.8) is 0 Å². The maximum absolute atomic E-state index is 13.9. The lowest BCUT2D eigenvalue weighted by Gasteiger charge is -2.20. The Morgan fingerprint density at radius 3 is 2.62 bits per heavy atom. The van der Waals surface area contributed by atoms with Gasteiger partial charge in [0.2, 0.25) is 5.91 Å². The van der Waals surface area contributed by atoms with Gasteiger partial charge in [0, 0.05) is 34.8 Å². The number of pyridine rings is 2. The number of carbonyl (C=O) groups excluding carboxylic acids is 1. The van der Waals surface area contributed by atoms with Crippen LogP contribution in [0.5, 0.6) is 0 Å². The summed E-state index contributed by atoms with van der Waals surface area (Å²) in [6, 6.07) is 14.5. The molecule has 8 nitrogen and oxygen atoms in total. The lowest BCUT2D eigenvalue weighted by atomic mass is 9.88. The van der Waals surface area contributed by atoms with Crippen LogP contribution in [-0.4, -0.2) is 26.1 Å². The minimum Gasteiger partial charge on any atom is -0.358 e. The summed E-state index contributed by atoms with van der Waals surface area (Å²) in [7, 11) is 0. The standard InChI is InChI=1S/C31H28FN7O/c32-22-8-4-7-20(11-22)25-16-34-17-27-28(25)37-30(36-27)29-24-13-19(9-10-26(24)38-39-29)21-12-23(15-33-14-21)35-31(40)18-5-2-1-3-6-18/h4,7-18,30,36-37H,1-3,5-6H2,(H,35,40)(H,38,39). The third-order valence-electron chi connectivity index (χ3n) is 7.86. The Bertz CT molecular complexity index is 1730. The van der Waals surface area contributed by atoms with E-state index in [0.29, 0.717) is 5.69 Å². The highest BCUT2D eigenvalue weighted by Gasteiger charge is 2.27. The van der Waals surface area contributed by atoms with Gasteiger partial charge in [0.05, 0.1) is 40.7 Å². The highest BCUT2D eigenvalue weighted by Crippen LogP contribution is 2.42. The van der Waals surface area contributed by atoms with E-state index in [2.05, 4.69) is 42.2 Å². The molecule has 4 N–H and O–H groups in total. The number of nitrogens with one attached hydrogen (secondary N) is 4. The number of nitrogens with zero attached hydrogens (tertiary/aromatic N) is 3. The van der Waals surface area contributed by atoms with Crippen molar-refractivity contribution in [2.24, 2.45) is 5.92 Å². The van der Waals surface area contributed by atoms with Crippen LogP contribution in [0.1, 0.15) is 44.0 Å². The summed E-state index contributed by atoms with van der Waals surface area (Å²) in [4.78, 5) is 21.6. The average Bonchev–Trinajstić information content (AvgIpc) is 3.61. The molecular weight excluding hydrogens is 505 g/mol. The molecule has 0 radical (unpaired) electrons. The van der Waals surface area contributed by atoms with Crippen molar-refractivity contribution in [3.05, 3.63) is 84.8 Å². The first-order valence-corrected chi connectivity index (χ1v) is 13.6. The molecule has 2 aliphatic rings. The Morgan fingerprint density at radius 1 is 0.875 bits per heavy atom. The van der Waals surface area contributed by atoms with Crippen molar-refractivity contribution >= 4 is 33.9 Å². The molecule has 200 valence electrons.